The molecule has 0 unspecified atom stereocenters. The van der Waals surface area contributed by atoms with Crippen LogP contribution in [0.1, 0.15) is 36.6 Å². The van der Waals surface area contributed by atoms with Crippen molar-refractivity contribution in [3.05, 3.63) is 51.4 Å². The Morgan fingerprint density at radius 2 is 1.94 bits per heavy atom. The van der Waals surface area contributed by atoms with E-state index < -0.39 is 0 Å². The zero-order valence-electron chi connectivity index (χ0n) is 11.3. The molecule has 2 rings (SSSR count). The fourth-order valence-corrected chi connectivity index (χ4v) is 2.21. The molecule has 0 radical (unpaired) electrons. The van der Waals surface area contributed by atoms with Gasteiger partial charge in [0, 0.05) is 11.3 Å². The second-order valence-corrected chi connectivity index (χ2v) is 4.75. The van der Waals surface area contributed by atoms with Gasteiger partial charge in [0.25, 0.3) is 5.56 Å². The van der Waals surface area contributed by atoms with E-state index in [0.29, 0.717) is 0 Å². The number of aryl methyl sites for hydroxylation is 2. The summed E-state index contributed by atoms with van der Waals surface area (Å²) in [6.07, 6.45) is 3.02. The number of rotatable bonds is 4. The van der Waals surface area contributed by atoms with Crippen molar-refractivity contribution in [1.82, 2.24) is 9.78 Å². The molecule has 1 aromatic carbocycles. The van der Waals surface area contributed by atoms with Gasteiger partial charge in [0.2, 0.25) is 0 Å². The molecule has 2 aromatic rings. The zero-order valence-corrected chi connectivity index (χ0v) is 11.3. The quantitative estimate of drug-likeness (QED) is 0.881. The van der Waals surface area contributed by atoms with E-state index in [1.165, 1.54) is 0 Å². The number of benzene rings is 1. The molecule has 1 heterocycles. The third kappa shape index (κ3) is 2.26. The van der Waals surface area contributed by atoms with E-state index in [1.54, 1.807) is 4.68 Å². The topological polar surface area (TPSA) is 37.8 Å². The molecule has 0 amide bonds. The molecule has 3 heteroatoms. The number of para-hydroxylation sites is 1. The first-order valence-corrected chi connectivity index (χ1v) is 6.51. The Bertz CT molecular complexity index is 593. The van der Waals surface area contributed by atoms with E-state index in [1.807, 2.05) is 38.1 Å². The largest absolute Gasteiger partial charge is 0.295 e. The van der Waals surface area contributed by atoms with Crippen molar-refractivity contribution >= 4 is 0 Å². The summed E-state index contributed by atoms with van der Waals surface area (Å²) in [5.74, 6) is 0. The third-order valence-electron chi connectivity index (χ3n) is 3.33. The predicted molar refractivity (Wildman–Crippen MR) is 74.5 cm³/mol. The van der Waals surface area contributed by atoms with Crippen molar-refractivity contribution in [2.24, 2.45) is 0 Å². The summed E-state index contributed by atoms with van der Waals surface area (Å²) in [5, 5.41) is 3.18. The van der Waals surface area contributed by atoms with E-state index in [0.717, 1.165) is 41.8 Å². The number of aromatic nitrogens is 2. The predicted octanol–water partition coefficient (Wildman–Crippen LogP) is 3.13. The van der Waals surface area contributed by atoms with Gasteiger partial charge < -0.3 is 0 Å². The van der Waals surface area contributed by atoms with Crippen LogP contribution >= 0.6 is 0 Å². The molecule has 0 aliphatic heterocycles. The Morgan fingerprint density at radius 1 is 1.22 bits per heavy atom. The molecule has 3 nitrogen and oxygen atoms in total. The summed E-state index contributed by atoms with van der Waals surface area (Å²) in [6.45, 7) is 6.13. The highest BCUT2D eigenvalue weighted by Crippen LogP contribution is 2.13. The van der Waals surface area contributed by atoms with Crippen LogP contribution in [-0.4, -0.2) is 9.78 Å². The van der Waals surface area contributed by atoms with E-state index in [9.17, 15) is 4.79 Å². The highest BCUT2D eigenvalue weighted by molar-refractivity contribution is 5.40. The maximum atomic E-state index is 12.4. The molecular weight excluding hydrogens is 224 g/mol. The van der Waals surface area contributed by atoms with Crippen LogP contribution in [-0.2, 0) is 6.42 Å². The summed E-state index contributed by atoms with van der Waals surface area (Å²) in [6, 6.07) is 7.92. The van der Waals surface area contributed by atoms with E-state index >= 15 is 0 Å². The number of aromatic amines is 1. The molecule has 0 saturated heterocycles. The van der Waals surface area contributed by atoms with Crippen molar-refractivity contribution in [3.63, 3.8) is 0 Å². The molecular formula is C15H20N2O. The van der Waals surface area contributed by atoms with Crippen molar-refractivity contribution in [1.29, 1.82) is 0 Å². The van der Waals surface area contributed by atoms with Crippen LogP contribution in [0.25, 0.3) is 5.69 Å². The van der Waals surface area contributed by atoms with Gasteiger partial charge in [-0.1, -0.05) is 31.5 Å². The SMILES string of the molecule is CCCCc1c(C)[nH]n(-c2ccccc2C)c1=O. The van der Waals surface area contributed by atoms with Gasteiger partial charge in [0.15, 0.2) is 0 Å². The van der Waals surface area contributed by atoms with Crippen LogP contribution in [0.4, 0.5) is 0 Å². The van der Waals surface area contributed by atoms with Gasteiger partial charge in [-0.15, -0.1) is 0 Å². The van der Waals surface area contributed by atoms with E-state index in [2.05, 4.69) is 12.0 Å². The fraction of sp³-hybridized carbons (Fsp3) is 0.400. The van der Waals surface area contributed by atoms with Gasteiger partial charge in [-0.25, -0.2) is 4.68 Å². The Morgan fingerprint density at radius 3 is 2.61 bits per heavy atom. The van der Waals surface area contributed by atoms with Gasteiger partial charge in [0.05, 0.1) is 5.69 Å². The fourth-order valence-electron chi connectivity index (χ4n) is 2.21. The van der Waals surface area contributed by atoms with E-state index in [-0.39, 0.29) is 5.56 Å². The molecule has 0 aliphatic carbocycles. The Kier molecular flexibility index (Phi) is 3.70. The van der Waals surface area contributed by atoms with Gasteiger partial charge >= 0.3 is 0 Å². The first-order chi connectivity index (χ1) is 8.65. The minimum absolute atomic E-state index is 0.0928. The molecule has 18 heavy (non-hydrogen) atoms. The van der Waals surface area contributed by atoms with Crippen LogP contribution in [0.5, 0.6) is 0 Å². The zero-order chi connectivity index (χ0) is 13.1. The summed E-state index contributed by atoms with van der Waals surface area (Å²) >= 11 is 0. The first kappa shape index (κ1) is 12.7. The molecule has 0 saturated carbocycles. The number of hydrogen-bond donors (Lipinski definition) is 1. The Labute approximate surface area is 107 Å². The van der Waals surface area contributed by atoms with Crippen LogP contribution in [0.15, 0.2) is 29.1 Å². The number of hydrogen-bond acceptors (Lipinski definition) is 1. The first-order valence-electron chi connectivity index (χ1n) is 6.51. The van der Waals surface area contributed by atoms with Crippen molar-refractivity contribution in [3.8, 4) is 5.69 Å². The van der Waals surface area contributed by atoms with Gasteiger partial charge in [-0.3, -0.25) is 9.89 Å². The minimum atomic E-state index is 0.0928. The van der Waals surface area contributed by atoms with Crippen molar-refractivity contribution in [2.45, 2.75) is 40.0 Å². The standard InChI is InChI=1S/C15H20N2O/c1-4-5-9-13-12(3)16-17(15(13)18)14-10-7-6-8-11(14)2/h6-8,10,16H,4-5,9H2,1-3H3. The average molecular weight is 244 g/mol. The minimum Gasteiger partial charge on any atom is -0.295 e. The lowest BCUT2D eigenvalue weighted by Gasteiger charge is -2.04. The highest BCUT2D eigenvalue weighted by Gasteiger charge is 2.12. The van der Waals surface area contributed by atoms with Gasteiger partial charge in [0.1, 0.15) is 0 Å². The second kappa shape index (κ2) is 5.25. The summed E-state index contributed by atoms with van der Waals surface area (Å²) in [7, 11) is 0. The third-order valence-corrected chi connectivity index (χ3v) is 3.33. The average Bonchev–Trinajstić information content (AvgIpc) is 2.63. The Balaban J connectivity index is 2.48. The van der Waals surface area contributed by atoms with Crippen molar-refractivity contribution in [2.75, 3.05) is 0 Å². The normalized spacial score (nSPS) is 10.8. The lowest BCUT2D eigenvalue weighted by molar-refractivity contribution is 0.785. The van der Waals surface area contributed by atoms with Crippen LogP contribution in [0, 0.1) is 13.8 Å². The number of nitrogens with zero attached hydrogens (tertiary/aromatic N) is 1. The maximum absolute atomic E-state index is 12.4. The molecule has 0 aliphatic rings. The summed E-state index contributed by atoms with van der Waals surface area (Å²) in [4.78, 5) is 12.4. The van der Waals surface area contributed by atoms with Crippen molar-refractivity contribution < 1.29 is 0 Å². The molecule has 0 spiro atoms. The van der Waals surface area contributed by atoms with Crippen LogP contribution < -0.4 is 5.56 Å². The second-order valence-electron chi connectivity index (χ2n) is 4.75. The van der Waals surface area contributed by atoms with Crippen LogP contribution in [0.2, 0.25) is 0 Å². The van der Waals surface area contributed by atoms with Gasteiger partial charge in [-0.2, -0.15) is 0 Å². The molecule has 0 bridgehead atoms. The smallest absolute Gasteiger partial charge is 0.274 e. The number of nitrogens with one attached hydrogen (secondary N) is 1. The molecule has 96 valence electrons. The lowest BCUT2D eigenvalue weighted by atomic mass is 10.1. The summed E-state index contributed by atoms with van der Waals surface area (Å²) in [5.41, 5.74) is 4.03. The van der Waals surface area contributed by atoms with Gasteiger partial charge in [-0.05, 0) is 38.3 Å². The number of H-pyrrole nitrogens is 1. The summed E-state index contributed by atoms with van der Waals surface area (Å²) < 4.78 is 1.66. The molecule has 0 atom stereocenters. The lowest BCUT2D eigenvalue weighted by Crippen LogP contribution is -2.18. The molecule has 1 N–H and O–H groups in total. The number of unbranched alkanes of at least 4 members (excludes halogenated alkanes) is 1. The Hall–Kier alpha value is -1.77. The highest BCUT2D eigenvalue weighted by atomic mass is 16.1. The van der Waals surface area contributed by atoms with E-state index in [4.69, 9.17) is 0 Å². The monoisotopic (exact) mass is 244 g/mol. The van der Waals surface area contributed by atoms with Crippen LogP contribution in [0.3, 0.4) is 0 Å². The maximum Gasteiger partial charge on any atom is 0.274 e. The molecule has 0 fully saturated rings. The molecule has 1 aromatic heterocycles.